The first kappa shape index (κ1) is 24.0. The fourth-order valence-corrected chi connectivity index (χ4v) is 4.42. The number of rotatable bonds is 7. The van der Waals surface area contributed by atoms with E-state index in [1.807, 2.05) is 31.1 Å². The summed E-state index contributed by atoms with van der Waals surface area (Å²) in [5, 5.41) is 0.716. The number of aromatic nitrogens is 4. The van der Waals surface area contributed by atoms with Gasteiger partial charge in [0.1, 0.15) is 0 Å². The van der Waals surface area contributed by atoms with Crippen molar-refractivity contribution in [3.8, 4) is 17.2 Å². The fraction of sp³-hybridized carbons (Fsp3) is 0.208. The molecule has 2 N–H and O–H groups in total. The van der Waals surface area contributed by atoms with Gasteiger partial charge < -0.3 is 15.5 Å². The smallest absolute Gasteiger partial charge is 0.254 e. The Morgan fingerprint density at radius 1 is 1.06 bits per heavy atom. The molecule has 1 atom stereocenters. The third-order valence-corrected chi connectivity index (χ3v) is 6.42. The summed E-state index contributed by atoms with van der Waals surface area (Å²) in [5.74, 6) is -0.608. The van der Waals surface area contributed by atoms with Gasteiger partial charge in [0.15, 0.2) is 0 Å². The zero-order chi connectivity index (χ0) is 25.3. The zero-order valence-electron chi connectivity index (χ0n) is 19.8. The van der Waals surface area contributed by atoms with Crippen molar-refractivity contribution in [3.63, 3.8) is 0 Å². The molecule has 0 saturated carbocycles. The number of anilines is 1. The maximum Gasteiger partial charge on any atom is 0.254 e. The van der Waals surface area contributed by atoms with Gasteiger partial charge in [-0.05, 0) is 24.3 Å². The van der Waals surface area contributed by atoms with Gasteiger partial charge in [-0.1, -0.05) is 6.07 Å². The third kappa shape index (κ3) is 4.90. The highest BCUT2D eigenvalue weighted by Gasteiger charge is 2.19. The standard InChI is InChI=1S/C24H25N7O3S/c1-29(2)17-7-8-26-19(10-17)16-11-27-24(28-12-16)31-13-21(35(4)34)18-6-5-15(9-20(18)31)23(33)30(3)14-22(25)32/h5-13H,14H2,1-4H3,(H2,25,32). The van der Waals surface area contributed by atoms with Gasteiger partial charge in [0.25, 0.3) is 5.91 Å². The third-order valence-electron chi connectivity index (χ3n) is 5.47. The van der Waals surface area contributed by atoms with E-state index < -0.39 is 16.7 Å². The molecule has 4 rings (SSSR count). The van der Waals surface area contributed by atoms with Crippen LogP contribution in [0.25, 0.3) is 28.1 Å². The molecule has 35 heavy (non-hydrogen) atoms. The number of nitrogens with two attached hydrogens (primary N) is 1. The lowest BCUT2D eigenvalue weighted by molar-refractivity contribution is -0.118. The molecule has 0 bridgehead atoms. The van der Waals surface area contributed by atoms with E-state index in [1.54, 1.807) is 53.8 Å². The van der Waals surface area contributed by atoms with Gasteiger partial charge in [0.2, 0.25) is 11.9 Å². The molecule has 0 saturated heterocycles. The zero-order valence-corrected chi connectivity index (χ0v) is 20.6. The molecule has 0 spiro atoms. The van der Waals surface area contributed by atoms with E-state index in [2.05, 4.69) is 15.0 Å². The number of primary amides is 1. The van der Waals surface area contributed by atoms with Crippen molar-refractivity contribution in [2.24, 2.45) is 5.73 Å². The van der Waals surface area contributed by atoms with Crippen molar-refractivity contribution in [1.82, 2.24) is 24.4 Å². The number of fused-ring (bicyclic) bond motifs is 1. The van der Waals surface area contributed by atoms with Gasteiger partial charge in [-0.2, -0.15) is 0 Å². The second-order valence-electron chi connectivity index (χ2n) is 8.24. The van der Waals surface area contributed by atoms with Crippen molar-refractivity contribution in [1.29, 1.82) is 0 Å². The normalized spacial score (nSPS) is 11.9. The van der Waals surface area contributed by atoms with Crippen molar-refractivity contribution >= 4 is 39.2 Å². The van der Waals surface area contributed by atoms with Gasteiger partial charge in [-0.25, -0.2) is 9.97 Å². The number of pyridine rings is 1. The average molecular weight is 492 g/mol. The summed E-state index contributed by atoms with van der Waals surface area (Å²) in [6.45, 7) is -0.199. The first-order valence-corrected chi connectivity index (χ1v) is 12.2. The minimum absolute atomic E-state index is 0.199. The Bertz CT molecular complexity index is 1450. The molecule has 3 heterocycles. The van der Waals surface area contributed by atoms with Crippen LogP contribution in [0, 0.1) is 0 Å². The second-order valence-corrected chi connectivity index (χ2v) is 9.59. The molecule has 3 aromatic heterocycles. The Balaban J connectivity index is 1.76. The molecule has 1 unspecified atom stereocenters. The molecule has 10 nitrogen and oxygen atoms in total. The van der Waals surface area contributed by atoms with Gasteiger partial charge in [0.05, 0.1) is 33.5 Å². The largest absolute Gasteiger partial charge is 0.378 e. The first-order valence-electron chi connectivity index (χ1n) is 10.6. The van der Waals surface area contributed by atoms with Crippen LogP contribution < -0.4 is 10.6 Å². The maximum absolute atomic E-state index is 12.8. The van der Waals surface area contributed by atoms with E-state index in [0.29, 0.717) is 27.3 Å². The van der Waals surface area contributed by atoms with Crippen molar-refractivity contribution in [3.05, 3.63) is 60.7 Å². The molecule has 180 valence electrons. The molecule has 0 radical (unpaired) electrons. The summed E-state index contributed by atoms with van der Waals surface area (Å²) in [7, 11) is 4.13. The van der Waals surface area contributed by atoms with Crippen LogP contribution in [0.4, 0.5) is 5.69 Å². The highest BCUT2D eigenvalue weighted by atomic mass is 32.2. The number of carbonyl (C=O) groups excluding carboxylic acids is 2. The van der Waals surface area contributed by atoms with E-state index in [1.165, 1.54) is 11.9 Å². The Hall–Kier alpha value is -4.12. The molecule has 0 aliphatic rings. The first-order chi connectivity index (χ1) is 16.7. The number of nitrogens with zero attached hydrogens (tertiary/aromatic N) is 6. The Morgan fingerprint density at radius 2 is 1.77 bits per heavy atom. The summed E-state index contributed by atoms with van der Waals surface area (Å²) in [4.78, 5) is 41.3. The van der Waals surface area contributed by atoms with Gasteiger partial charge in [-0.3, -0.25) is 23.3 Å². The van der Waals surface area contributed by atoms with Crippen LogP contribution in [0.1, 0.15) is 10.4 Å². The molecule has 11 heteroatoms. The summed E-state index contributed by atoms with van der Waals surface area (Å²) in [6.07, 6.45) is 8.38. The Kier molecular flexibility index (Phi) is 6.61. The molecule has 1 aromatic carbocycles. The Labute approximate surface area is 204 Å². The number of benzene rings is 1. The molecule has 0 fully saturated rings. The summed E-state index contributed by atoms with van der Waals surface area (Å²) < 4.78 is 14.1. The molecule has 4 aromatic rings. The van der Waals surface area contributed by atoms with Crippen LogP contribution in [0.2, 0.25) is 0 Å². The van der Waals surface area contributed by atoms with Crippen molar-refractivity contribution < 1.29 is 13.8 Å². The quantitative estimate of drug-likeness (QED) is 0.418. The van der Waals surface area contributed by atoms with E-state index >= 15 is 0 Å². The molecule has 0 aliphatic heterocycles. The lowest BCUT2D eigenvalue weighted by atomic mass is 10.1. The highest BCUT2D eigenvalue weighted by molar-refractivity contribution is 7.84. The van der Waals surface area contributed by atoms with Crippen molar-refractivity contribution in [2.45, 2.75) is 4.90 Å². The predicted octanol–water partition coefficient (Wildman–Crippen LogP) is 1.84. The van der Waals surface area contributed by atoms with Gasteiger partial charge >= 0.3 is 0 Å². The topological polar surface area (TPSA) is 127 Å². The SMILES string of the molecule is CN(CC(N)=O)C(=O)c1ccc2c(S(C)=O)cn(-c3ncc(-c4cc(N(C)C)ccn4)cn3)c2c1. The minimum Gasteiger partial charge on any atom is -0.378 e. The molecule has 0 aliphatic carbocycles. The number of carbonyl (C=O) groups is 2. The number of hydrogen-bond donors (Lipinski definition) is 1. The van der Waals surface area contributed by atoms with Gasteiger partial charge in [-0.15, -0.1) is 0 Å². The van der Waals surface area contributed by atoms with Gasteiger partial charge in [0, 0.05) is 74.4 Å². The molecular weight excluding hydrogens is 466 g/mol. The number of likely N-dealkylation sites (N-methyl/N-ethyl adjacent to an activating group) is 1. The van der Waals surface area contributed by atoms with Crippen molar-refractivity contribution in [2.75, 3.05) is 38.8 Å². The lowest BCUT2D eigenvalue weighted by Crippen LogP contribution is -2.35. The predicted molar refractivity (Wildman–Crippen MR) is 135 cm³/mol. The maximum atomic E-state index is 12.8. The summed E-state index contributed by atoms with van der Waals surface area (Å²) in [6, 6.07) is 8.90. The van der Waals surface area contributed by atoms with E-state index in [9.17, 15) is 13.8 Å². The van der Waals surface area contributed by atoms with Crippen LogP contribution in [0.15, 0.2) is 60.0 Å². The van der Waals surface area contributed by atoms with Crippen LogP contribution >= 0.6 is 0 Å². The number of hydrogen-bond acceptors (Lipinski definition) is 7. The second kappa shape index (κ2) is 9.63. The van der Waals surface area contributed by atoms with Crippen LogP contribution in [0.5, 0.6) is 0 Å². The summed E-state index contributed by atoms with van der Waals surface area (Å²) >= 11 is 0. The highest BCUT2D eigenvalue weighted by Crippen LogP contribution is 2.28. The minimum atomic E-state index is -1.28. The van der Waals surface area contributed by atoms with Crippen LogP contribution in [-0.4, -0.2) is 74.4 Å². The Morgan fingerprint density at radius 3 is 2.40 bits per heavy atom. The monoisotopic (exact) mass is 491 g/mol. The molecule has 2 amide bonds. The molecular formula is C24H25N7O3S. The van der Waals surface area contributed by atoms with Crippen LogP contribution in [-0.2, 0) is 15.6 Å². The average Bonchev–Trinajstić information content (AvgIpc) is 3.22. The van der Waals surface area contributed by atoms with E-state index in [-0.39, 0.29) is 12.5 Å². The number of amides is 2. The fourth-order valence-electron chi connectivity index (χ4n) is 3.68. The van der Waals surface area contributed by atoms with E-state index in [0.717, 1.165) is 16.9 Å². The van der Waals surface area contributed by atoms with Crippen LogP contribution in [0.3, 0.4) is 0 Å². The lowest BCUT2D eigenvalue weighted by Gasteiger charge is -2.15. The summed E-state index contributed by atoms with van der Waals surface area (Å²) in [5.41, 5.74) is 8.68. The van der Waals surface area contributed by atoms with E-state index in [4.69, 9.17) is 5.73 Å².